The number of aromatic hydroxyl groups is 1. The number of aliphatic hydroxyl groups excluding tert-OH is 1. The zero-order valence-corrected chi connectivity index (χ0v) is 29.0. The molecule has 0 saturated carbocycles. The SMILES string of the molecule is CCCCCCCCCCCCOC(O)CCOc1ccc(-c2nc(-c3ccc(C)cc3C)nc(-c3ccc(C)cc3C)n2)c(O)c1. The summed E-state index contributed by atoms with van der Waals surface area (Å²) in [5, 5.41) is 21.3. The lowest BCUT2D eigenvalue weighted by Gasteiger charge is -2.14. The van der Waals surface area contributed by atoms with Crippen LogP contribution in [-0.4, -0.2) is 44.7 Å². The summed E-state index contributed by atoms with van der Waals surface area (Å²) < 4.78 is 11.4. The molecule has 0 aliphatic carbocycles. The number of phenolic OH excluding ortho intramolecular Hbond substituents is 1. The molecule has 0 spiro atoms. The van der Waals surface area contributed by atoms with Crippen molar-refractivity contribution in [3.8, 4) is 45.7 Å². The van der Waals surface area contributed by atoms with Crippen LogP contribution in [0.3, 0.4) is 0 Å². The van der Waals surface area contributed by atoms with E-state index in [1.165, 1.54) is 51.4 Å². The van der Waals surface area contributed by atoms with E-state index in [1.807, 2.05) is 38.1 Å². The van der Waals surface area contributed by atoms with Gasteiger partial charge in [0.15, 0.2) is 23.8 Å². The van der Waals surface area contributed by atoms with E-state index in [9.17, 15) is 10.2 Å². The molecule has 1 aromatic heterocycles. The van der Waals surface area contributed by atoms with Gasteiger partial charge in [-0.2, -0.15) is 0 Å². The Kier molecular flexibility index (Phi) is 14.2. The lowest BCUT2D eigenvalue weighted by atomic mass is 10.0. The Morgan fingerprint density at radius 1 is 0.596 bits per heavy atom. The molecule has 47 heavy (non-hydrogen) atoms. The summed E-state index contributed by atoms with van der Waals surface area (Å²) in [6, 6.07) is 17.5. The first-order valence-corrected chi connectivity index (χ1v) is 17.4. The molecule has 7 heteroatoms. The van der Waals surface area contributed by atoms with Gasteiger partial charge in [-0.25, -0.2) is 15.0 Å². The van der Waals surface area contributed by atoms with Gasteiger partial charge in [-0.1, -0.05) is 112 Å². The highest BCUT2D eigenvalue weighted by molar-refractivity contribution is 5.72. The minimum absolute atomic E-state index is 0.00427. The Labute approximate surface area is 281 Å². The summed E-state index contributed by atoms with van der Waals surface area (Å²) in [6.07, 6.45) is 12.1. The molecule has 0 aliphatic heterocycles. The third-order valence-corrected chi connectivity index (χ3v) is 8.53. The van der Waals surface area contributed by atoms with Crippen LogP contribution in [0.15, 0.2) is 54.6 Å². The molecule has 0 saturated heterocycles. The molecular formula is C40H53N3O4. The molecule has 0 aliphatic rings. The second-order valence-electron chi connectivity index (χ2n) is 12.8. The van der Waals surface area contributed by atoms with E-state index in [1.54, 1.807) is 18.2 Å². The molecule has 1 atom stereocenters. The molecule has 0 fully saturated rings. The maximum atomic E-state index is 11.1. The van der Waals surface area contributed by atoms with E-state index in [-0.39, 0.29) is 12.4 Å². The first-order chi connectivity index (χ1) is 22.7. The predicted molar refractivity (Wildman–Crippen MR) is 191 cm³/mol. The number of ether oxygens (including phenoxy) is 2. The zero-order chi connectivity index (χ0) is 33.6. The quantitative estimate of drug-likeness (QED) is 0.0778. The average Bonchev–Trinajstić information content (AvgIpc) is 3.03. The van der Waals surface area contributed by atoms with Gasteiger partial charge < -0.3 is 19.7 Å². The summed E-state index contributed by atoms with van der Waals surface area (Å²) >= 11 is 0. The fraction of sp³-hybridized carbons (Fsp3) is 0.475. The summed E-state index contributed by atoms with van der Waals surface area (Å²) in [6.45, 7) is 11.3. The third-order valence-electron chi connectivity index (χ3n) is 8.53. The molecular weight excluding hydrogens is 586 g/mol. The maximum absolute atomic E-state index is 11.1. The van der Waals surface area contributed by atoms with Crippen LogP contribution in [0.4, 0.5) is 0 Å². The van der Waals surface area contributed by atoms with Crippen LogP contribution in [0.1, 0.15) is 99.8 Å². The smallest absolute Gasteiger partial charge is 0.167 e. The standard InChI is InChI=1S/C40H53N3O4/c1-6-7-8-9-10-11-12-13-14-15-23-47-37(45)22-24-46-32-18-21-35(36(44)27-32)40-42-38(33-19-16-28(2)25-30(33)4)41-39(43-40)34-20-17-29(3)26-31(34)5/h16-21,25-27,37,44-45H,6-15,22-24H2,1-5H3. The Morgan fingerprint density at radius 2 is 1.09 bits per heavy atom. The molecule has 252 valence electrons. The van der Waals surface area contributed by atoms with E-state index in [0.29, 0.717) is 41.8 Å². The summed E-state index contributed by atoms with van der Waals surface area (Å²) in [5.41, 5.74) is 6.77. The number of aliphatic hydroxyl groups is 1. The Hall–Kier alpha value is -3.81. The molecule has 4 rings (SSSR count). The number of nitrogens with zero attached hydrogens (tertiary/aromatic N) is 3. The Balaban J connectivity index is 1.34. The van der Waals surface area contributed by atoms with Crippen molar-refractivity contribution in [1.29, 1.82) is 0 Å². The topological polar surface area (TPSA) is 97.6 Å². The number of benzene rings is 3. The van der Waals surface area contributed by atoms with Crippen molar-refractivity contribution >= 4 is 0 Å². The molecule has 7 nitrogen and oxygen atoms in total. The van der Waals surface area contributed by atoms with Gasteiger partial charge in [0.1, 0.15) is 11.5 Å². The maximum Gasteiger partial charge on any atom is 0.167 e. The van der Waals surface area contributed by atoms with E-state index in [2.05, 4.69) is 32.9 Å². The number of unbranched alkanes of at least 4 members (excludes halogenated alkanes) is 9. The lowest BCUT2D eigenvalue weighted by Crippen LogP contribution is -2.16. The van der Waals surface area contributed by atoms with Crippen molar-refractivity contribution in [3.63, 3.8) is 0 Å². The minimum atomic E-state index is -0.876. The molecule has 4 aromatic rings. The highest BCUT2D eigenvalue weighted by Gasteiger charge is 2.17. The summed E-state index contributed by atoms with van der Waals surface area (Å²) in [7, 11) is 0. The van der Waals surface area contributed by atoms with Crippen molar-refractivity contribution in [2.24, 2.45) is 0 Å². The highest BCUT2D eigenvalue weighted by Crippen LogP contribution is 2.34. The molecule has 1 unspecified atom stereocenters. The number of phenols is 1. The van der Waals surface area contributed by atoms with Gasteiger partial charge in [-0.15, -0.1) is 0 Å². The molecule has 3 aromatic carbocycles. The van der Waals surface area contributed by atoms with Crippen LogP contribution in [-0.2, 0) is 4.74 Å². The first kappa shape index (κ1) is 36.0. The van der Waals surface area contributed by atoms with E-state index < -0.39 is 6.29 Å². The molecule has 0 bridgehead atoms. The number of rotatable bonds is 19. The van der Waals surface area contributed by atoms with Gasteiger partial charge in [0.2, 0.25) is 0 Å². The lowest BCUT2D eigenvalue weighted by molar-refractivity contribution is -0.108. The fourth-order valence-corrected chi connectivity index (χ4v) is 5.83. The predicted octanol–water partition coefficient (Wildman–Crippen LogP) is 9.84. The second kappa shape index (κ2) is 18.5. The molecule has 0 amide bonds. The van der Waals surface area contributed by atoms with Crippen LogP contribution in [0.25, 0.3) is 34.2 Å². The van der Waals surface area contributed by atoms with Crippen molar-refractivity contribution in [2.75, 3.05) is 13.2 Å². The van der Waals surface area contributed by atoms with Crippen LogP contribution in [0, 0.1) is 27.7 Å². The number of hydrogen-bond acceptors (Lipinski definition) is 7. The van der Waals surface area contributed by atoms with E-state index >= 15 is 0 Å². The van der Waals surface area contributed by atoms with E-state index in [4.69, 9.17) is 24.4 Å². The number of aryl methyl sites for hydroxylation is 4. The van der Waals surface area contributed by atoms with Crippen molar-refractivity contribution in [1.82, 2.24) is 15.0 Å². The van der Waals surface area contributed by atoms with Gasteiger partial charge >= 0.3 is 0 Å². The molecule has 2 N–H and O–H groups in total. The number of aromatic nitrogens is 3. The van der Waals surface area contributed by atoms with Gasteiger partial charge in [-0.3, -0.25) is 0 Å². The largest absolute Gasteiger partial charge is 0.507 e. The Morgan fingerprint density at radius 3 is 1.60 bits per heavy atom. The van der Waals surface area contributed by atoms with Crippen molar-refractivity contribution in [2.45, 2.75) is 112 Å². The average molecular weight is 640 g/mol. The van der Waals surface area contributed by atoms with Crippen LogP contribution in [0.5, 0.6) is 11.5 Å². The normalized spacial score (nSPS) is 12.0. The van der Waals surface area contributed by atoms with Crippen LogP contribution in [0.2, 0.25) is 0 Å². The van der Waals surface area contributed by atoms with Gasteiger partial charge in [-0.05, 0) is 57.4 Å². The van der Waals surface area contributed by atoms with Gasteiger partial charge in [0, 0.05) is 30.2 Å². The second-order valence-corrected chi connectivity index (χ2v) is 12.8. The number of hydrogen-bond donors (Lipinski definition) is 2. The first-order valence-electron chi connectivity index (χ1n) is 17.4. The minimum Gasteiger partial charge on any atom is -0.507 e. The zero-order valence-electron chi connectivity index (χ0n) is 29.0. The third kappa shape index (κ3) is 11.1. The molecule has 1 heterocycles. The summed E-state index contributed by atoms with van der Waals surface area (Å²) in [4.78, 5) is 14.5. The van der Waals surface area contributed by atoms with E-state index in [0.717, 1.165) is 46.2 Å². The fourth-order valence-electron chi connectivity index (χ4n) is 5.83. The highest BCUT2D eigenvalue weighted by atomic mass is 16.6. The van der Waals surface area contributed by atoms with Crippen LogP contribution >= 0.6 is 0 Å². The molecule has 0 radical (unpaired) electrons. The summed E-state index contributed by atoms with van der Waals surface area (Å²) in [5.74, 6) is 1.98. The Bertz CT molecular complexity index is 1500. The van der Waals surface area contributed by atoms with Gasteiger partial charge in [0.25, 0.3) is 0 Å². The van der Waals surface area contributed by atoms with Crippen LogP contribution < -0.4 is 4.74 Å². The van der Waals surface area contributed by atoms with Crippen molar-refractivity contribution < 1.29 is 19.7 Å². The monoisotopic (exact) mass is 639 g/mol. The van der Waals surface area contributed by atoms with Gasteiger partial charge in [0.05, 0.1) is 12.2 Å². The van der Waals surface area contributed by atoms with Crippen molar-refractivity contribution in [3.05, 3.63) is 76.9 Å².